The number of carbonyl (C=O) groups excluding carboxylic acids is 2. The Labute approximate surface area is 139 Å². The van der Waals surface area contributed by atoms with Gasteiger partial charge in [-0.2, -0.15) is 0 Å². The molecule has 0 aliphatic carbocycles. The fourth-order valence-electron chi connectivity index (χ4n) is 2.40. The molecule has 1 fully saturated rings. The molecule has 1 aliphatic rings. The minimum Gasteiger partial charge on any atom is -0.357 e. The zero-order chi connectivity index (χ0) is 17.5. The number of rotatable bonds is 5. The van der Waals surface area contributed by atoms with E-state index in [-0.39, 0.29) is 11.8 Å². The number of nitrogens with zero attached hydrogens (tertiary/aromatic N) is 3. The molecule has 0 radical (unpaired) electrons. The van der Waals surface area contributed by atoms with Crippen LogP contribution in [0.5, 0.6) is 0 Å². The van der Waals surface area contributed by atoms with Crippen molar-refractivity contribution in [1.82, 2.24) is 20.4 Å². The first-order valence-electron chi connectivity index (χ1n) is 8.39. The lowest BCUT2D eigenvalue weighted by molar-refractivity contribution is -0.130. The quantitative estimate of drug-likeness (QED) is 0.562. The molecule has 0 unspecified atom stereocenters. The molecular formula is C16H31N5O2. The molecule has 1 heterocycles. The SMILES string of the molecule is CCNC(=O)C(C)(C)CN=C(NCC)N1CCN(C(C)=O)CC1. The maximum Gasteiger partial charge on any atom is 0.227 e. The third-order valence-corrected chi connectivity index (χ3v) is 3.94. The predicted molar refractivity (Wildman–Crippen MR) is 92.3 cm³/mol. The Morgan fingerprint density at radius 1 is 1.00 bits per heavy atom. The van der Waals surface area contributed by atoms with E-state index < -0.39 is 5.41 Å². The van der Waals surface area contributed by atoms with Crippen molar-refractivity contribution in [2.75, 3.05) is 45.8 Å². The molecule has 0 aromatic rings. The second-order valence-electron chi connectivity index (χ2n) is 6.41. The third kappa shape index (κ3) is 5.73. The minimum atomic E-state index is -0.544. The second-order valence-corrected chi connectivity index (χ2v) is 6.41. The summed E-state index contributed by atoms with van der Waals surface area (Å²) in [6, 6.07) is 0. The average molecular weight is 325 g/mol. The summed E-state index contributed by atoms with van der Waals surface area (Å²) >= 11 is 0. The van der Waals surface area contributed by atoms with Crippen molar-refractivity contribution in [3.8, 4) is 0 Å². The summed E-state index contributed by atoms with van der Waals surface area (Å²) in [4.78, 5) is 32.1. The number of guanidine groups is 1. The van der Waals surface area contributed by atoms with Crippen molar-refractivity contribution in [2.45, 2.75) is 34.6 Å². The minimum absolute atomic E-state index is 0.0148. The largest absolute Gasteiger partial charge is 0.357 e. The van der Waals surface area contributed by atoms with Gasteiger partial charge in [0.15, 0.2) is 5.96 Å². The van der Waals surface area contributed by atoms with Crippen molar-refractivity contribution in [3.05, 3.63) is 0 Å². The molecule has 2 amide bonds. The molecule has 23 heavy (non-hydrogen) atoms. The maximum atomic E-state index is 12.1. The van der Waals surface area contributed by atoms with Crippen LogP contribution in [-0.2, 0) is 9.59 Å². The molecule has 132 valence electrons. The zero-order valence-electron chi connectivity index (χ0n) is 15.1. The van der Waals surface area contributed by atoms with Crippen molar-refractivity contribution in [1.29, 1.82) is 0 Å². The number of carbonyl (C=O) groups is 2. The summed E-state index contributed by atoms with van der Waals surface area (Å²) in [7, 11) is 0. The summed E-state index contributed by atoms with van der Waals surface area (Å²) in [5.74, 6) is 0.943. The lowest BCUT2D eigenvalue weighted by Crippen LogP contribution is -2.53. The Hall–Kier alpha value is -1.79. The van der Waals surface area contributed by atoms with Crippen LogP contribution in [0.2, 0.25) is 0 Å². The Kier molecular flexibility index (Phi) is 7.32. The normalized spacial score (nSPS) is 16.3. The van der Waals surface area contributed by atoms with Crippen LogP contribution in [0.3, 0.4) is 0 Å². The summed E-state index contributed by atoms with van der Waals surface area (Å²) in [5.41, 5.74) is -0.544. The average Bonchev–Trinajstić information content (AvgIpc) is 2.51. The van der Waals surface area contributed by atoms with Gasteiger partial charge in [0.25, 0.3) is 0 Å². The Morgan fingerprint density at radius 2 is 1.52 bits per heavy atom. The smallest absolute Gasteiger partial charge is 0.227 e. The Bertz CT molecular complexity index is 440. The summed E-state index contributed by atoms with van der Waals surface area (Å²) < 4.78 is 0. The third-order valence-electron chi connectivity index (χ3n) is 3.94. The first-order valence-corrected chi connectivity index (χ1v) is 8.39. The Balaban J connectivity index is 2.71. The Morgan fingerprint density at radius 3 is 2.00 bits per heavy atom. The van der Waals surface area contributed by atoms with E-state index in [1.54, 1.807) is 6.92 Å². The van der Waals surface area contributed by atoms with Crippen molar-refractivity contribution in [3.63, 3.8) is 0 Å². The molecule has 0 atom stereocenters. The van der Waals surface area contributed by atoms with Gasteiger partial charge in [-0.25, -0.2) is 0 Å². The molecule has 1 rings (SSSR count). The predicted octanol–water partition coefficient (Wildman–Crippen LogP) is 0.278. The van der Waals surface area contributed by atoms with E-state index >= 15 is 0 Å². The summed E-state index contributed by atoms with van der Waals surface area (Å²) in [6.45, 7) is 14.1. The monoisotopic (exact) mass is 325 g/mol. The topological polar surface area (TPSA) is 77.0 Å². The standard InChI is InChI=1S/C16H31N5O2/c1-6-17-14(23)16(4,5)12-19-15(18-7-2)21-10-8-20(9-11-21)13(3)22/h6-12H2,1-5H3,(H,17,23)(H,18,19). The molecule has 1 aliphatic heterocycles. The van der Waals surface area contributed by atoms with Crippen LogP contribution in [0.1, 0.15) is 34.6 Å². The van der Waals surface area contributed by atoms with Gasteiger partial charge >= 0.3 is 0 Å². The summed E-state index contributed by atoms with van der Waals surface area (Å²) in [6.07, 6.45) is 0. The van der Waals surface area contributed by atoms with Crippen LogP contribution in [0.25, 0.3) is 0 Å². The lowest BCUT2D eigenvalue weighted by atomic mass is 9.92. The van der Waals surface area contributed by atoms with Gasteiger partial charge in [-0.05, 0) is 27.7 Å². The summed E-state index contributed by atoms with van der Waals surface area (Å²) in [5, 5.41) is 6.13. The van der Waals surface area contributed by atoms with Crippen molar-refractivity contribution in [2.24, 2.45) is 10.4 Å². The molecule has 0 aromatic carbocycles. The van der Waals surface area contributed by atoms with E-state index in [9.17, 15) is 9.59 Å². The molecule has 7 nitrogen and oxygen atoms in total. The first kappa shape index (κ1) is 19.3. The van der Waals surface area contributed by atoms with Gasteiger partial charge in [0, 0.05) is 46.2 Å². The van der Waals surface area contributed by atoms with E-state index in [0.717, 1.165) is 25.6 Å². The molecular weight excluding hydrogens is 294 g/mol. The van der Waals surface area contributed by atoms with Gasteiger partial charge in [-0.15, -0.1) is 0 Å². The molecule has 0 bridgehead atoms. The molecule has 0 saturated carbocycles. The lowest BCUT2D eigenvalue weighted by Gasteiger charge is -2.36. The van der Waals surface area contributed by atoms with E-state index in [1.165, 1.54) is 0 Å². The molecule has 2 N–H and O–H groups in total. The van der Waals surface area contributed by atoms with Gasteiger partial charge in [0.05, 0.1) is 12.0 Å². The van der Waals surface area contributed by atoms with Crippen LogP contribution in [0.4, 0.5) is 0 Å². The van der Waals surface area contributed by atoms with Gasteiger partial charge in [-0.3, -0.25) is 14.6 Å². The molecule has 1 saturated heterocycles. The van der Waals surface area contributed by atoms with Crippen LogP contribution >= 0.6 is 0 Å². The molecule has 7 heteroatoms. The number of hydrogen-bond acceptors (Lipinski definition) is 3. The first-order chi connectivity index (χ1) is 10.8. The van der Waals surface area contributed by atoms with E-state index in [0.29, 0.717) is 26.2 Å². The highest BCUT2D eigenvalue weighted by atomic mass is 16.2. The second kappa shape index (κ2) is 8.74. The van der Waals surface area contributed by atoms with Crippen LogP contribution < -0.4 is 10.6 Å². The van der Waals surface area contributed by atoms with Gasteiger partial charge in [-0.1, -0.05) is 0 Å². The number of aliphatic imine (C=N–C) groups is 1. The van der Waals surface area contributed by atoms with Crippen molar-refractivity contribution >= 4 is 17.8 Å². The van der Waals surface area contributed by atoms with E-state index in [4.69, 9.17) is 0 Å². The fourth-order valence-corrected chi connectivity index (χ4v) is 2.40. The van der Waals surface area contributed by atoms with Gasteiger partial charge in [0.1, 0.15) is 0 Å². The molecule has 0 spiro atoms. The van der Waals surface area contributed by atoms with E-state index in [2.05, 4.69) is 20.5 Å². The van der Waals surface area contributed by atoms with Crippen LogP contribution in [-0.4, -0.2) is 73.4 Å². The van der Waals surface area contributed by atoms with Crippen LogP contribution in [0.15, 0.2) is 4.99 Å². The van der Waals surface area contributed by atoms with Crippen LogP contribution in [0, 0.1) is 5.41 Å². The highest BCUT2D eigenvalue weighted by Crippen LogP contribution is 2.16. The maximum absolute atomic E-state index is 12.1. The number of piperazine rings is 1. The highest BCUT2D eigenvalue weighted by molar-refractivity contribution is 5.84. The highest BCUT2D eigenvalue weighted by Gasteiger charge is 2.28. The van der Waals surface area contributed by atoms with Crippen molar-refractivity contribution < 1.29 is 9.59 Å². The van der Waals surface area contributed by atoms with Gasteiger partial charge in [0.2, 0.25) is 11.8 Å². The number of nitrogens with one attached hydrogen (secondary N) is 2. The molecule has 0 aromatic heterocycles. The number of hydrogen-bond donors (Lipinski definition) is 2. The number of amides is 2. The van der Waals surface area contributed by atoms with Gasteiger partial charge < -0.3 is 20.4 Å². The zero-order valence-corrected chi connectivity index (χ0v) is 15.1. The van der Waals surface area contributed by atoms with E-state index in [1.807, 2.05) is 32.6 Å². The fraction of sp³-hybridized carbons (Fsp3) is 0.812.